The molecule has 0 saturated heterocycles. The van der Waals surface area contributed by atoms with Crippen LogP contribution < -0.4 is 19.1 Å². The fourth-order valence-electron chi connectivity index (χ4n) is 2.82. The first kappa shape index (κ1) is 20.9. The second kappa shape index (κ2) is 7.90. The van der Waals surface area contributed by atoms with Crippen molar-refractivity contribution in [1.29, 1.82) is 0 Å². The van der Waals surface area contributed by atoms with Crippen LogP contribution in [0.1, 0.15) is 20.8 Å². The van der Waals surface area contributed by atoms with Crippen molar-refractivity contribution in [2.75, 3.05) is 24.1 Å². The normalized spacial score (nSPS) is 13.7. The smallest absolute Gasteiger partial charge is 0.264 e. The van der Waals surface area contributed by atoms with Crippen molar-refractivity contribution < 1.29 is 27.1 Å². The maximum absolute atomic E-state index is 13.4. The van der Waals surface area contributed by atoms with Crippen molar-refractivity contribution in [3.63, 3.8) is 0 Å². The predicted molar refractivity (Wildman–Crippen MR) is 106 cm³/mol. The number of sulfonamides is 1. The third-order valence-corrected chi connectivity index (χ3v) is 5.79. The van der Waals surface area contributed by atoms with E-state index in [0.717, 1.165) is 16.4 Å². The molecule has 2 aromatic rings. The molecular weight excluding hydrogens is 399 g/mol. The molecule has 156 valence electrons. The average Bonchev–Trinajstić information content (AvgIpc) is 2.65. The van der Waals surface area contributed by atoms with Crippen LogP contribution in [-0.2, 0) is 14.8 Å². The predicted octanol–water partition coefficient (Wildman–Crippen LogP) is 2.71. The van der Waals surface area contributed by atoms with Gasteiger partial charge in [-0.1, -0.05) is 0 Å². The lowest BCUT2D eigenvalue weighted by Crippen LogP contribution is -2.47. The van der Waals surface area contributed by atoms with Gasteiger partial charge in [0.05, 0.1) is 10.6 Å². The van der Waals surface area contributed by atoms with Crippen molar-refractivity contribution in [2.45, 2.75) is 31.2 Å². The third-order valence-electron chi connectivity index (χ3n) is 4.02. The maximum atomic E-state index is 13.4. The van der Waals surface area contributed by atoms with Gasteiger partial charge in [0.25, 0.3) is 10.0 Å². The fourth-order valence-corrected chi connectivity index (χ4v) is 4.26. The number of amides is 1. The van der Waals surface area contributed by atoms with E-state index in [2.05, 4.69) is 5.32 Å². The summed E-state index contributed by atoms with van der Waals surface area (Å²) in [6, 6.07) is 9.18. The van der Waals surface area contributed by atoms with Gasteiger partial charge in [-0.3, -0.25) is 9.10 Å². The molecule has 0 radical (unpaired) electrons. The van der Waals surface area contributed by atoms with Crippen molar-refractivity contribution in [1.82, 2.24) is 5.32 Å². The topological polar surface area (TPSA) is 84.9 Å². The largest absolute Gasteiger partial charge is 0.486 e. The van der Waals surface area contributed by atoms with Crippen LogP contribution in [0, 0.1) is 5.82 Å². The summed E-state index contributed by atoms with van der Waals surface area (Å²) in [5.74, 6) is -0.225. The zero-order valence-electron chi connectivity index (χ0n) is 16.4. The van der Waals surface area contributed by atoms with E-state index in [4.69, 9.17) is 9.47 Å². The summed E-state index contributed by atoms with van der Waals surface area (Å²) in [6.45, 7) is 5.62. The molecule has 1 aliphatic heterocycles. The molecule has 0 bridgehead atoms. The standard InChI is InChI=1S/C20H23FN2O5S/c1-20(2,3)22-19(24)13-23(15-6-4-14(21)5-7-15)29(25,26)16-8-9-17-18(12-16)28-11-10-27-17/h4-9,12H,10-11,13H2,1-3H3,(H,22,24). The van der Waals surface area contributed by atoms with Crippen LogP contribution in [0.25, 0.3) is 0 Å². The van der Waals surface area contributed by atoms with Gasteiger partial charge in [-0.25, -0.2) is 12.8 Å². The number of anilines is 1. The molecule has 0 atom stereocenters. The molecule has 0 spiro atoms. The van der Waals surface area contributed by atoms with Crippen molar-refractivity contribution in [3.05, 3.63) is 48.3 Å². The van der Waals surface area contributed by atoms with Crippen LogP contribution >= 0.6 is 0 Å². The molecule has 0 aromatic heterocycles. The van der Waals surface area contributed by atoms with Crippen molar-refractivity contribution >= 4 is 21.6 Å². The van der Waals surface area contributed by atoms with E-state index in [1.807, 2.05) is 0 Å². The van der Waals surface area contributed by atoms with E-state index in [9.17, 15) is 17.6 Å². The Bertz CT molecular complexity index is 1000. The molecule has 1 amide bonds. The highest BCUT2D eigenvalue weighted by Crippen LogP contribution is 2.34. The van der Waals surface area contributed by atoms with Crippen molar-refractivity contribution in [3.8, 4) is 11.5 Å². The van der Waals surface area contributed by atoms with Crippen LogP contribution in [-0.4, -0.2) is 39.6 Å². The number of hydrogen-bond donors (Lipinski definition) is 1. The first-order valence-electron chi connectivity index (χ1n) is 9.05. The zero-order valence-corrected chi connectivity index (χ0v) is 17.3. The average molecular weight is 422 g/mol. The monoisotopic (exact) mass is 422 g/mol. The van der Waals surface area contributed by atoms with Gasteiger partial charge in [-0.2, -0.15) is 0 Å². The molecule has 29 heavy (non-hydrogen) atoms. The Kier molecular flexibility index (Phi) is 5.70. The molecule has 2 aromatic carbocycles. The number of carbonyl (C=O) groups is 1. The number of nitrogens with one attached hydrogen (secondary N) is 1. The molecule has 1 aliphatic rings. The molecule has 0 unspecified atom stereocenters. The van der Waals surface area contributed by atoms with E-state index < -0.39 is 33.8 Å². The first-order chi connectivity index (χ1) is 13.6. The highest BCUT2D eigenvalue weighted by Gasteiger charge is 2.29. The van der Waals surface area contributed by atoms with Crippen LogP contribution in [0.3, 0.4) is 0 Å². The maximum Gasteiger partial charge on any atom is 0.264 e. The number of ether oxygens (including phenoxy) is 2. The van der Waals surface area contributed by atoms with Gasteiger partial charge in [0, 0.05) is 11.6 Å². The Balaban J connectivity index is 1.99. The van der Waals surface area contributed by atoms with E-state index in [-0.39, 0.29) is 10.6 Å². The first-order valence-corrected chi connectivity index (χ1v) is 10.5. The van der Waals surface area contributed by atoms with E-state index in [1.54, 1.807) is 20.8 Å². The highest BCUT2D eigenvalue weighted by molar-refractivity contribution is 7.92. The van der Waals surface area contributed by atoms with E-state index >= 15 is 0 Å². The molecule has 3 rings (SSSR count). The fraction of sp³-hybridized carbons (Fsp3) is 0.350. The summed E-state index contributed by atoms with van der Waals surface area (Å²) >= 11 is 0. The quantitative estimate of drug-likeness (QED) is 0.801. The van der Waals surface area contributed by atoms with E-state index in [0.29, 0.717) is 24.7 Å². The molecule has 9 heteroatoms. The molecule has 7 nitrogen and oxygen atoms in total. The van der Waals surface area contributed by atoms with Gasteiger partial charge in [0.15, 0.2) is 11.5 Å². The van der Waals surface area contributed by atoms with Gasteiger partial charge in [0.2, 0.25) is 5.91 Å². The number of rotatable bonds is 5. The Morgan fingerprint density at radius 2 is 1.69 bits per heavy atom. The number of hydrogen-bond acceptors (Lipinski definition) is 5. The molecule has 1 N–H and O–H groups in total. The second-order valence-electron chi connectivity index (χ2n) is 7.59. The van der Waals surface area contributed by atoms with Crippen LogP contribution in [0.15, 0.2) is 47.4 Å². The SMILES string of the molecule is CC(C)(C)NC(=O)CN(c1ccc(F)cc1)S(=O)(=O)c1ccc2c(c1)OCCO2. The lowest BCUT2D eigenvalue weighted by Gasteiger charge is -2.27. The van der Waals surface area contributed by atoms with Gasteiger partial charge in [-0.05, 0) is 57.2 Å². The zero-order chi connectivity index (χ0) is 21.2. The van der Waals surface area contributed by atoms with Gasteiger partial charge < -0.3 is 14.8 Å². The highest BCUT2D eigenvalue weighted by atomic mass is 32.2. The lowest BCUT2D eigenvalue weighted by atomic mass is 10.1. The minimum Gasteiger partial charge on any atom is -0.486 e. The summed E-state index contributed by atoms with van der Waals surface area (Å²) in [4.78, 5) is 12.4. The summed E-state index contributed by atoms with van der Waals surface area (Å²) in [5, 5.41) is 2.74. The van der Waals surface area contributed by atoms with E-state index in [1.165, 1.54) is 30.3 Å². The van der Waals surface area contributed by atoms with Crippen molar-refractivity contribution in [2.24, 2.45) is 0 Å². The second-order valence-corrected chi connectivity index (χ2v) is 9.45. The molecule has 1 heterocycles. The Labute approximate surface area is 169 Å². The Morgan fingerprint density at radius 3 is 2.31 bits per heavy atom. The van der Waals surface area contributed by atoms with Crippen LogP contribution in [0.2, 0.25) is 0 Å². The van der Waals surface area contributed by atoms with Crippen LogP contribution in [0.5, 0.6) is 11.5 Å². The minimum absolute atomic E-state index is 0.0605. The van der Waals surface area contributed by atoms with Crippen LogP contribution in [0.4, 0.5) is 10.1 Å². The minimum atomic E-state index is -4.14. The van der Waals surface area contributed by atoms with Gasteiger partial charge >= 0.3 is 0 Å². The van der Waals surface area contributed by atoms with Gasteiger partial charge in [-0.15, -0.1) is 0 Å². The number of benzene rings is 2. The summed E-state index contributed by atoms with van der Waals surface area (Å²) in [7, 11) is -4.14. The third kappa shape index (κ3) is 4.97. The Morgan fingerprint density at radius 1 is 1.07 bits per heavy atom. The van der Waals surface area contributed by atoms with Gasteiger partial charge in [0.1, 0.15) is 25.6 Å². The summed E-state index contributed by atoms with van der Waals surface area (Å²) < 4.78 is 51.9. The summed E-state index contributed by atoms with van der Waals surface area (Å²) in [5.41, 5.74) is -0.364. The summed E-state index contributed by atoms with van der Waals surface area (Å²) in [6.07, 6.45) is 0. The number of carbonyl (C=O) groups excluding carboxylic acids is 1. The molecule has 0 aliphatic carbocycles. The molecule has 0 saturated carbocycles. The lowest BCUT2D eigenvalue weighted by molar-refractivity contribution is -0.121. The molecular formula is C20H23FN2O5S. The number of halogens is 1. The number of nitrogens with zero attached hydrogens (tertiary/aromatic N) is 1. The Hall–Kier alpha value is -2.81. The molecule has 0 fully saturated rings. The number of fused-ring (bicyclic) bond motifs is 1.